The summed E-state index contributed by atoms with van der Waals surface area (Å²) >= 11 is 0. The van der Waals surface area contributed by atoms with Crippen LogP contribution in [0.4, 0.5) is 10.5 Å². The van der Waals surface area contributed by atoms with Crippen molar-refractivity contribution in [3.8, 4) is 11.5 Å². The fourth-order valence-electron chi connectivity index (χ4n) is 3.13. The molecule has 0 saturated heterocycles. The second kappa shape index (κ2) is 8.04. The molecule has 7 nitrogen and oxygen atoms in total. The first-order valence-corrected chi connectivity index (χ1v) is 8.81. The third-order valence-corrected chi connectivity index (χ3v) is 4.57. The van der Waals surface area contributed by atoms with E-state index in [1.54, 1.807) is 32.2 Å². The highest BCUT2D eigenvalue weighted by Crippen LogP contribution is 2.35. The average molecular weight is 381 g/mol. The second-order valence-corrected chi connectivity index (χ2v) is 6.50. The predicted molar refractivity (Wildman–Crippen MR) is 106 cm³/mol. The van der Waals surface area contributed by atoms with Crippen LogP contribution in [0.5, 0.6) is 11.5 Å². The molecule has 2 aromatic rings. The van der Waals surface area contributed by atoms with Crippen molar-refractivity contribution in [2.45, 2.75) is 19.9 Å². The van der Waals surface area contributed by atoms with Crippen LogP contribution in [-0.2, 0) is 4.79 Å². The van der Waals surface area contributed by atoms with E-state index >= 15 is 0 Å². The monoisotopic (exact) mass is 381 g/mol. The van der Waals surface area contributed by atoms with Crippen LogP contribution in [-0.4, -0.2) is 26.2 Å². The summed E-state index contributed by atoms with van der Waals surface area (Å²) in [5.41, 5.74) is 3.27. The van der Waals surface area contributed by atoms with Crippen LogP contribution < -0.4 is 25.4 Å². The Morgan fingerprint density at radius 3 is 2.39 bits per heavy atom. The van der Waals surface area contributed by atoms with Crippen molar-refractivity contribution in [1.29, 1.82) is 0 Å². The lowest BCUT2D eigenvalue weighted by Crippen LogP contribution is -2.46. The first kappa shape index (κ1) is 19.3. The lowest BCUT2D eigenvalue weighted by Gasteiger charge is -2.29. The number of rotatable bonds is 5. The zero-order valence-corrected chi connectivity index (χ0v) is 16.3. The van der Waals surface area contributed by atoms with Gasteiger partial charge in [-0.15, -0.1) is 0 Å². The summed E-state index contributed by atoms with van der Waals surface area (Å²) in [6.45, 7) is 3.67. The van der Waals surface area contributed by atoms with Crippen LogP contribution in [0.3, 0.4) is 0 Å². The maximum Gasteiger partial charge on any atom is 0.319 e. The van der Waals surface area contributed by atoms with Crippen molar-refractivity contribution in [1.82, 2.24) is 10.6 Å². The third kappa shape index (κ3) is 3.93. The van der Waals surface area contributed by atoms with Crippen LogP contribution in [0, 0.1) is 6.92 Å². The van der Waals surface area contributed by atoms with Crippen molar-refractivity contribution in [3.63, 3.8) is 0 Å². The first-order valence-electron chi connectivity index (χ1n) is 8.81. The fourth-order valence-corrected chi connectivity index (χ4v) is 3.13. The number of allylic oxidation sites excluding steroid dienone is 1. The number of benzene rings is 2. The fraction of sp³-hybridized carbons (Fsp3) is 0.238. The molecule has 1 atom stereocenters. The summed E-state index contributed by atoms with van der Waals surface area (Å²) < 4.78 is 10.7. The van der Waals surface area contributed by atoms with Gasteiger partial charge in [0, 0.05) is 16.9 Å². The molecule has 146 valence electrons. The Balaban J connectivity index is 2.01. The van der Waals surface area contributed by atoms with Crippen LogP contribution in [0.15, 0.2) is 53.7 Å². The minimum Gasteiger partial charge on any atom is -0.497 e. The molecule has 3 amide bonds. The Kier molecular flexibility index (Phi) is 5.54. The van der Waals surface area contributed by atoms with Gasteiger partial charge in [0.1, 0.15) is 11.5 Å². The van der Waals surface area contributed by atoms with Gasteiger partial charge in [0.15, 0.2) is 0 Å². The summed E-state index contributed by atoms with van der Waals surface area (Å²) in [7, 11) is 3.09. The van der Waals surface area contributed by atoms with Crippen LogP contribution in [0.2, 0.25) is 0 Å². The minimum atomic E-state index is -0.691. The quantitative estimate of drug-likeness (QED) is 0.742. The first-order chi connectivity index (χ1) is 13.4. The molecule has 0 radical (unpaired) electrons. The number of ether oxygens (including phenoxy) is 2. The minimum absolute atomic E-state index is 0.316. The standard InChI is InChI=1S/C21H23N3O4/c1-12-5-7-14(8-6-12)23-20(25)18-13(2)22-21(26)24-19(18)16-11-15(27-3)9-10-17(16)28-4/h5-11,19H,1-4H3,(H,23,25)(H2,22,24,26)/t19-/m0/s1. The molecule has 0 unspecified atom stereocenters. The van der Waals surface area contributed by atoms with Gasteiger partial charge in [-0.1, -0.05) is 17.7 Å². The number of methoxy groups -OCH3 is 2. The number of hydrogen-bond acceptors (Lipinski definition) is 4. The number of amides is 3. The Morgan fingerprint density at radius 1 is 1.04 bits per heavy atom. The van der Waals surface area contributed by atoms with Crippen molar-refractivity contribution < 1.29 is 19.1 Å². The second-order valence-electron chi connectivity index (χ2n) is 6.50. The summed E-state index contributed by atoms with van der Waals surface area (Å²) in [5.74, 6) is 0.824. The largest absolute Gasteiger partial charge is 0.497 e. The maximum atomic E-state index is 13.1. The highest BCUT2D eigenvalue weighted by Gasteiger charge is 2.33. The molecule has 0 bridgehead atoms. The molecule has 0 aliphatic carbocycles. The van der Waals surface area contributed by atoms with Gasteiger partial charge in [-0.05, 0) is 44.2 Å². The van der Waals surface area contributed by atoms with Crippen molar-refractivity contribution in [3.05, 3.63) is 64.9 Å². The normalized spacial score (nSPS) is 16.1. The Hall–Kier alpha value is -3.48. The summed E-state index contributed by atoms with van der Waals surface area (Å²) in [4.78, 5) is 25.2. The molecular formula is C21H23N3O4. The van der Waals surface area contributed by atoms with Gasteiger partial charge in [-0.25, -0.2) is 4.79 Å². The number of hydrogen-bond donors (Lipinski definition) is 3. The number of urea groups is 1. The topological polar surface area (TPSA) is 88.7 Å². The third-order valence-electron chi connectivity index (χ3n) is 4.57. The maximum absolute atomic E-state index is 13.1. The van der Waals surface area contributed by atoms with E-state index < -0.39 is 6.04 Å². The number of carbonyl (C=O) groups excluding carboxylic acids is 2. The molecule has 7 heteroatoms. The van der Waals surface area contributed by atoms with Gasteiger partial charge >= 0.3 is 6.03 Å². The van der Waals surface area contributed by atoms with Crippen molar-refractivity contribution >= 4 is 17.6 Å². The Labute approximate surface area is 163 Å². The van der Waals surface area contributed by atoms with E-state index in [9.17, 15) is 9.59 Å². The van der Waals surface area contributed by atoms with E-state index in [-0.39, 0.29) is 11.9 Å². The van der Waals surface area contributed by atoms with Gasteiger partial charge in [0.05, 0.1) is 25.8 Å². The SMILES string of the molecule is COc1ccc(OC)c([C@@H]2NC(=O)NC(C)=C2C(=O)Nc2ccc(C)cc2)c1. The highest BCUT2D eigenvalue weighted by molar-refractivity contribution is 6.06. The van der Waals surface area contributed by atoms with Gasteiger partial charge in [0.2, 0.25) is 0 Å². The van der Waals surface area contributed by atoms with Crippen LogP contribution >= 0.6 is 0 Å². The Bertz CT molecular complexity index is 935. The van der Waals surface area contributed by atoms with E-state index in [1.165, 1.54) is 7.11 Å². The van der Waals surface area contributed by atoms with E-state index in [1.807, 2.05) is 31.2 Å². The van der Waals surface area contributed by atoms with Gasteiger partial charge in [-0.3, -0.25) is 4.79 Å². The molecule has 28 heavy (non-hydrogen) atoms. The van der Waals surface area contributed by atoms with E-state index in [0.29, 0.717) is 34.0 Å². The van der Waals surface area contributed by atoms with E-state index in [4.69, 9.17) is 9.47 Å². The number of aryl methyl sites for hydroxylation is 1. The number of anilines is 1. The van der Waals surface area contributed by atoms with Crippen LogP contribution in [0.1, 0.15) is 24.1 Å². The van der Waals surface area contributed by atoms with E-state index in [2.05, 4.69) is 16.0 Å². The zero-order chi connectivity index (χ0) is 20.3. The molecule has 0 aromatic heterocycles. The van der Waals surface area contributed by atoms with Gasteiger partial charge in [0.25, 0.3) is 5.91 Å². The predicted octanol–water partition coefficient (Wildman–Crippen LogP) is 3.28. The molecule has 1 heterocycles. The Morgan fingerprint density at radius 2 is 1.75 bits per heavy atom. The molecule has 2 aromatic carbocycles. The summed E-state index contributed by atoms with van der Waals surface area (Å²) in [5, 5.41) is 8.37. The molecule has 0 spiro atoms. The molecule has 1 aliphatic heterocycles. The average Bonchev–Trinajstić information content (AvgIpc) is 2.68. The molecule has 3 rings (SSSR count). The van der Waals surface area contributed by atoms with E-state index in [0.717, 1.165) is 5.56 Å². The molecule has 0 fully saturated rings. The molecule has 1 aliphatic rings. The summed E-state index contributed by atoms with van der Waals surface area (Å²) in [6, 6.07) is 11.7. The van der Waals surface area contributed by atoms with Gasteiger partial charge < -0.3 is 25.4 Å². The lowest BCUT2D eigenvalue weighted by molar-refractivity contribution is -0.113. The molecular weight excluding hydrogens is 358 g/mol. The highest BCUT2D eigenvalue weighted by atomic mass is 16.5. The summed E-state index contributed by atoms with van der Waals surface area (Å²) in [6.07, 6.45) is 0. The molecule has 0 saturated carbocycles. The zero-order valence-electron chi connectivity index (χ0n) is 16.3. The van der Waals surface area contributed by atoms with Crippen LogP contribution in [0.25, 0.3) is 0 Å². The lowest BCUT2D eigenvalue weighted by atomic mass is 9.93. The van der Waals surface area contributed by atoms with Gasteiger partial charge in [-0.2, -0.15) is 0 Å². The van der Waals surface area contributed by atoms with Crippen molar-refractivity contribution in [2.24, 2.45) is 0 Å². The molecule has 3 N–H and O–H groups in total. The van der Waals surface area contributed by atoms with Crippen molar-refractivity contribution in [2.75, 3.05) is 19.5 Å². The number of carbonyl (C=O) groups is 2. The smallest absolute Gasteiger partial charge is 0.319 e. The number of nitrogens with one attached hydrogen (secondary N) is 3.